The Balaban J connectivity index is 2.35. The van der Waals surface area contributed by atoms with E-state index < -0.39 is 58.9 Å². The molecule has 0 N–H and O–H groups in total. The highest BCUT2D eigenvalue weighted by Gasteiger charge is 2.39. The van der Waals surface area contributed by atoms with Gasteiger partial charge in [0.25, 0.3) is 0 Å². The zero-order valence-electron chi connectivity index (χ0n) is 22.8. The Labute approximate surface area is 244 Å². The standard InChI is InChI=1S/C30H20F6O8/c1-13(2)25(37)41-17-9-21-20(24(11-17)44-28(40)16(6)30(34,35)36)8-7-19-22(21)10-18(12-23(19)43-26(38)14(3)4)42-27(39)15(5)29(31,32)33/h7-12H,1,3,5-6H2,2,4H3. The van der Waals surface area contributed by atoms with Crippen LogP contribution in [0.15, 0.2) is 85.0 Å². The Morgan fingerprint density at radius 2 is 0.841 bits per heavy atom. The Kier molecular flexibility index (Phi) is 9.08. The minimum atomic E-state index is -5.15. The second-order valence-electron chi connectivity index (χ2n) is 9.17. The summed E-state index contributed by atoms with van der Waals surface area (Å²) >= 11 is 0. The van der Waals surface area contributed by atoms with Gasteiger partial charge in [-0.2, -0.15) is 26.3 Å². The van der Waals surface area contributed by atoms with Gasteiger partial charge in [0.15, 0.2) is 0 Å². The fraction of sp³-hybridized carbons (Fsp3) is 0.133. The van der Waals surface area contributed by atoms with E-state index in [0.29, 0.717) is 0 Å². The molecule has 3 aromatic rings. The highest BCUT2D eigenvalue weighted by molar-refractivity contribution is 6.13. The van der Waals surface area contributed by atoms with Gasteiger partial charge in [0, 0.05) is 34.1 Å². The first-order valence-electron chi connectivity index (χ1n) is 12.0. The number of benzene rings is 3. The molecule has 0 heterocycles. The molecule has 0 aliphatic rings. The summed E-state index contributed by atoms with van der Waals surface area (Å²) in [5.74, 6) is -7.59. The van der Waals surface area contributed by atoms with Gasteiger partial charge in [-0.3, -0.25) is 0 Å². The van der Waals surface area contributed by atoms with Crippen LogP contribution in [0.25, 0.3) is 21.5 Å². The van der Waals surface area contributed by atoms with Gasteiger partial charge in [-0.15, -0.1) is 0 Å². The lowest BCUT2D eigenvalue weighted by atomic mass is 9.99. The number of carbonyl (C=O) groups is 4. The molecule has 0 aromatic heterocycles. The van der Waals surface area contributed by atoms with Crippen molar-refractivity contribution in [1.29, 1.82) is 0 Å². The molecule has 3 rings (SSSR count). The molecule has 0 bridgehead atoms. The quantitative estimate of drug-likeness (QED) is 0.0870. The largest absolute Gasteiger partial charge is 0.423 e. The van der Waals surface area contributed by atoms with Gasteiger partial charge in [0.1, 0.15) is 34.1 Å². The molecule has 230 valence electrons. The number of esters is 4. The molecule has 0 atom stereocenters. The third-order valence-electron chi connectivity index (χ3n) is 5.64. The van der Waals surface area contributed by atoms with Crippen molar-refractivity contribution in [3.63, 3.8) is 0 Å². The molecule has 0 saturated heterocycles. The smallest absolute Gasteiger partial charge is 0.422 e. The highest BCUT2D eigenvalue weighted by Crippen LogP contribution is 2.42. The average molecular weight is 622 g/mol. The first-order chi connectivity index (χ1) is 20.2. The fourth-order valence-corrected chi connectivity index (χ4v) is 3.39. The summed E-state index contributed by atoms with van der Waals surface area (Å²) in [5.41, 5.74) is -3.88. The van der Waals surface area contributed by atoms with Crippen LogP contribution in [-0.4, -0.2) is 36.2 Å². The summed E-state index contributed by atoms with van der Waals surface area (Å²) in [5, 5.41) is -0.150. The van der Waals surface area contributed by atoms with Crippen molar-refractivity contribution in [2.45, 2.75) is 26.2 Å². The summed E-state index contributed by atoms with van der Waals surface area (Å²) < 4.78 is 98.7. The third kappa shape index (κ3) is 7.32. The molecule has 8 nitrogen and oxygen atoms in total. The Bertz CT molecular complexity index is 1800. The summed E-state index contributed by atoms with van der Waals surface area (Å²) in [7, 11) is 0. The third-order valence-corrected chi connectivity index (χ3v) is 5.64. The van der Waals surface area contributed by atoms with Gasteiger partial charge in [-0.25, -0.2) is 19.2 Å². The van der Waals surface area contributed by atoms with Gasteiger partial charge in [0.2, 0.25) is 0 Å². The normalized spacial score (nSPS) is 11.5. The van der Waals surface area contributed by atoms with Gasteiger partial charge in [-0.1, -0.05) is 26.3 Å². The average Bonchev–Trinajstić information content (AvgIpc) is 2.90. The van der Waals surface area contributed by atoms with Gasteiger partial charge in [-0.05, 0) is 48.9 Å². The van der Waals surface area contributed by atoms with Crippen LogP contribution in [0.4, 0.5) is 26.3 Å². The Morgan fingerprint density at radius 3 is 1.20 bits per heavy atom. The van der Waals surface area contributed by atoms with Gasteiger partial charge < -0.3 is 18.9 Å². The van der Waals surface area contributed by atoms with Crippen LogP contribution in [-0.2, 0) is 19.2 Å². The number of rotatable bonds is 8. The molecule has 0 fully saturated rings. The van der Waals surface area contributed by atoms with E-state index in [4.69, 9.17) is 18.9 Å². The number of carbonyl (C=O) groups excluding carboxylic acids is 4. The molecular formula is C30H20F6O8. The van der Waals surface area contributed by atoms with E-state index >= 15 is 0 Å². The molecule has 0 spiro atoms. The Hall–Kier alpha value is -5.40. The van der Waals surface area contributed by atoms with Crippen molar-refractivity contribution >= 4 is 45.4 Å². The fourth-order valence-electron chi connectivity index (χ4n) is 3.39. The van der Waals surface area contributed by atoms with Crippen LogP contribution >= 0.6 is 0 Å². The van der Waals surface area contributed by atoms with E-state index in [-0.39, 0.29) is 44.2 Å². The second-order valence-corrected chi connectivity index (χ2v) is 9.17. The number of halogens is 6. The maximum atomic E-state index is 13.1. The van der Waals surface area contributed by atoms with Crippen molar-refractivity contribution < 1.29 is 64.5 Å². The minimum Gasteiger partial charge on any atom is -0.423 e. The SMILES string of the molecule is C=C(C)C(=O)Oc1cc(OC(=O)C(=C)C(F)(F)F)c2ccc3c(OC(=O)C(=C)C)cc(OC(=O)C(=C)C(F)(F)F)cc3c2c1. The summed E-state index contributed by atoms with van der Waals surface area (Å²) in [6, 6.07) is 6.57. The maximum absolute atomic E-state index is 13.1. The lowest BCUT2D eigenvalue weighted by molar-refractivity contribution is -0.143. The first-order valence-corrected chi connectivity index (χ1v) is 12.0. The highest BCUT2D eigenvalue weighted by atomic mass is 19.4. The topological polar surface area (TPSA) is 105 Å². The van der Waals surface area contributed by atoms with Crippen LogP contribution in [0.2, 0.25) is 0 Å². The van der Waals surface area contributed by atoms with Crippen LogP contribution < -0.4 is 18.9 Å². The van der Waals surface area contributed by atoms with E-state index in [2.05, 4.69) is 26.3 Å². The molecule has 0 amide bonds. The lowest BCUT2D eigenvalue weighted by Crippen LogP contribution is -2.23. The van der Waals surface area contributed by atoms with Gasteiger partial charge >= 0.3 is 36.2 Å². The van der Waals surface area contributed by atoms with E-state index in [1.807, 2.05) is 0 Å². The van der Waals surface area contributed by atoms with Crippen LogP contribution in [0.3, 0.4) is 0 Å². The summed E-state index contributed by atoms with van der Waals surface area (Å²) in [4.78, 5) is 49.0. The van der Waals surface area contributed by atoms with E-state index in [0.717, 1.165) is 18.2 Å². The molecule has 0 aliphatic carbocycles. The number of alkyl halides is 6. The predicted molar refractivity (Wildman–Crippen MR) is 144 cm³/mol. The number of ether oxygens (including phenoxy) is 4. The molecule has 0 saturated carbocycles. The second kappa shape index (κ2) is 12.1. The van der Waals surface area contributed by atoms with Gasteiger partial charge in [0.05, 0.1) is 0 Å². The van der Waals surface area contributed by atoms with Crippen molar-refractivity contribution in [3.05, 3.63) is 85.0 Å². The zero-order chi connectivity index (χ0) is 33.3. The minimum absolute atomic E-state index is 0.0573. The summed E-state index contributed by atoms with van der Waals surface area (Å²) in [6.07, 6.45) is -10.3. The monoisotopic (exact) mass is 622 g/mol. The lowest BCUT2D eigenvalue weighted by Gasteiger charge is -2.16. The van der Waals surface area contributed by atoms with E-state index in [1.54, 1.807) is 0 Å². The van der Waals surface area contributed by atoms with Crippen LogP contribution in [0, 0.1) is 0 Å². The van der Waals surface area contributed by atoms with Crippen molar-refractivity contribution in [2.75, 3.05) is 0 Å². The molecule has 44 heavy (non-hydrogen) atoms. The van der Waals surface area contributed by atoms with E-state index in [1.165, 1.54) is 32.0 Å². The first kappa shape index (κ1) is 33.1. The van der Waals surface area contributed by atoms with Crippen LogP contribution in [0.5, 0.6) is 23.0 Å². The zero-order valence-corrected chi connectivity index (χ0v) is 22.8. The summed E-state index contributed by atoms with van der Waals surface area (Å²) in [6.45, 7) is 14.8. The number of fused-ring (bicyclic) bond motifs is 3. The van der Waals surface area contributed by atoms with Crippen molar-refractivity contribution in [3.8, 4) is 23.0 Å². The molecule has 0 unspecified atom stereocenters. The van der Waals surface area contributed by atoms with Crippen molar-refractivity contribution in [2.24, 2.45) is 0 Å². The molecule has 3 aromatic carbocycles. The number of hydrogen-bond donors (Lipinski definition) is 0. The van der Waals surface area contributed by atoms with Crippen LogP contribution in [0.1, 0.15) is 13.8 Å². The molecule has 14 heteroatoms. The molecule has 0 radical (unpaired) electrons. The Morgan fingerprint density at radius 1 is 0.523 bits per heavy atom. The van der Waals surface area contributed by atoms with E-state index in [9.17, 15) is 45.5 Å². The molecule has 0 aliphatic heterocycles. The number of hydrogen-bond acceptors (Lipinski definition) is 8. The predicted octanol–water partition coefficient (Wildman–Crippen LogP) is 7.00. The molecular weight excluding hydrogens is 602 g/mol. The van der Waals surface area contributed by atoms with Crippen molar-refractivity contribution in [1.82, 2.24) is 0 Å². The maximum Gasteiger partial charge on any atom is 0.422 e.